The number of aliphatic imine (C=N–C) groups is 1. The summed E-state index contributed by atoms with van der Waals surface area (Å²) in [5.41, 5.74) is 3.22. The average molecular weight is 295 g/mol. The molecule has 3 rings (SSSR count). The minimum atomic E-state index is -0.610. The van der Waals surface area contributed by atoms with Crippen LogP contribution in [0.2, 0.25) is 0 Å². The third kappa shape index (κ3) is 3.04. The third-order valence-corrected chi connectivity index (χ3v) is 3.96. The van der Waals surface area contributed by atoms with E-state index < -0.39 is 6.10 Å². The summed E-state index contributed by atoms with van der Waals surface area (Å²) in [5.74, 6) is 1.11. The molecule has 1 heterocycles. The Kier molecular flexibility index (Phi) is 4.25. The van der Waals surface area contributed by atoms with Gasteiger partial charge in [0.25, 0.3) is 0 Å². The van der Waals surface area contributed by atoms with E-state index in [9.17, 15) is 5.11 Å². The van der Waals surface area contributed by atoms with Crippen LogP contribution in [0.4, 0.5) is 0 Å². The number of rotatable bonds is 3. The molecule has 114 valence electrons. The monoisotopic (exact) mass is 295 g/mol. The van der Waals surface area contributed by atoms with Crippen molar-refractivity contribution in [1.29, 1.82) is 0 Å². The minimum absolute atomic E-state index is 0.362. The molecule has 2 unspecified atom stereocenters. The van der Waals surface area contributed by atoms with E-state index in [0.717, 1.165) is 11.1 Å². The van der Waals surface area contributed by atoms with Gasteiger partial charge < -0.3 is 9.84 Å². The van der Waals surface area contributed by atoms with Crippen LogP contribution < -0.4 is 0 Å². The first-order valence-corrected chi connectivity index (χ1v) is 7.69. The lowest BCUT2D eigenvalue weighted by Crippen LogP contribution is -2.31. The Bertz CT molecular complexity index is 647. The topological polar surface area (TPSA) is 41.8 Å². The molecule has 3 nitrogen and oxygen atoms in total. The van der Waals surface area contributed by atoms with E-state index in [4.69, 9.17) is 4.74 Å². The van der Waals surface area contributed by atoms with Gasteiger partial charge in [0.2, 0.25) is 5.90 Å². The van der Waals surface area contributed by atoms with Crippen LogP contribution in [-0.2, 0) is 4.74 Å². The van der Waals surface area contributed by atoms with Crippen molar-refractivity contribution in [3.8, 4) is 0 Å². The highest BCUT2D eigenvalue weighted by Gasteiger charge is 2.28. The number of hydrogen-bond donors (Lipinski definition) is 1. The van der Waals surface area contributed by atoms with E-state index in [-0.39, 0.29) is 6.10 Å². The lowest BCUT2D eigenvalue weighted by molar-refractivity contribution is 0.0217. The lowest BCUT2D eigenvalue weighted by atomic mass is 10.0. The zero-order chi connectivity index (χ0) is 15.5. The maximum atomic E-state index is 10.2. The second-order valence-corrected chi connectivity index (χ2v) is 5.94. The largest absolute Gasteiger partial charge is 0.466 e. The molecule has 0 amide bonds. The number of ether oxygens (including phenoxy) is 1. The molecule has 1 aliphatic heterocycles. The smallest absolute Gasteiger partial charge is 0.216 e. The van der Waals surface area contributed by atoms with Crippen LogP contribution >= 0.6 is 0 Å². The van der Waals surface area contributed by atoms with Crippen molar-refractivity contribution in [1.82, 2.24) is 0 Å². The molecule has 3 heteroatoms. The van der Waals surface area contributed by atoms with Gasteiger partial charge in [0.1, 0.15) is 6.10 Å². The molecule has 0 aromatic heterocycles. The van der Waals surface area contributed by atoms with Crippen molar-refractivity contribution in [3.63, 3.8) is 0 Å². The first-order chi connectivity index (χ1) is 10.6. The molecule has 0 saturated carbocycles. The normalized spacial score (nSPS) is 21.4. The highest BCUT2D eigenvalue weighted by Crippen LogP contribution is 2.27. The Morgan fingerprint density at radius 2 is 1.73 bits per heavy atom. The van der Waals surface area contributed by atoms with E-state index in [2.05, 4.69) is 31.0 Å². The van der Waals surface area contributed by atoms with Crippen LogP contribution in [0.25, 0.3) is 0 Å². The van der Waals surface area contributed by atoms with Gasteiger partial charge in [-0.15, -0.1) is 0 Å². The first kappa shape index (κ1) is 14.8. The number of aliphatic hydroxyl groups excluding tert-OH is 1. The fourth-order valence-electron chi connectivity index (χ4n) is 2.61. The van der Waals surface area contributed by atoms with Gasteiger partial charge in [0.15, 0.2) is 6.10 Å². The molecule has 22 heavy (non-hydrogen) atoms. The molecule has 0 spiro atoms. The molecular formula is C19H21NO2. The van der Waals surface area contributed by atoms with Gasteiger partial charge in [-0.05, 0) is 29.2 Å². The maximum absolute atomic E-state index is 10.2. The van der Waals surface area contributed by atoms with Gasteiger partial charge >= 0.3 is 0 Å². The summed E-state index contributed by atoms with van der Waals surface area (Å²) in [6.45, 7) is 4.71. The predicted octanol–water partition coefficient (Wildman–Crippen LogP) is 3.69. The summed E-state index contributed by atoms with van der Waals surface area (Å²) in [5, 5.41) is 10.2. The Balaban J connectivity index is 1.83. The zero-order valence-electron chi connectivity index (χ0n) is 12.9. The summed E-state index contributed by atoms with van der Waals surface area (Å²) < 4.78 is 5.97. The van der Waals surface area contributed by atoms with Crippen molar-refractivity contribution >= 4 is 5.90 Å². The maximum Gasteiger partial charge on any atom is 0.216 e. The van der Waals surface area contributed by atoms with E-state index in [0.29, 0.717) is 18.4 Å². The van der Waals surface area contributed by atoms with Gasteiger partial charge in [0.05, 0.1) is 6.54 Å². The Morgan fingerprint density at radius 1 is 1.05 bits per heavy atom. The molecule has 0 bridgehead atoms. The summed E-state index contributed by atoms with van der Waals surface area (Å²) in [4.78, 5) is 4.38. The fraction of sp³-hybridized carbons (Fsp3) is 0.316. The fourth-order valence-corrected chi connectivity index (χ4v) is 2.61. The van der Waals surface area contributed by atoms with Gasteiger partial charge in [0, 0.05) is 5.56 Å². The van der Waals surface area contributed by atoms with Crippen LogP contribution in [-0.4, -0.2) is 23.7 Å². The van der Waals surface area contributed by atoms with Crippen molar-refractivity contribution in [3.05, 3.63) is 71.3 Å². The van der Waals surface area contributed by atoms with Crippen molar-refractivity contribution in [2.75, 3.05) is 6.54 Å². The molecule has 0 saturated heterocycles. The third-order valence-electron chi connectivity index (χ3n) is 3.96. The predicted molar refractivity (Wildman–Crippen MR) is 88.2 cm³/mol. The summed E-state index contributed by atoms with van der Waals surface area (Å²) in [6, 6.07) is 18.1. The molecule has 2 atom stereocenters. The summed E-state index contributed by atoms with van der Waals surface area (Å²) in [6.07, 6.45) is -0.973. The highest BCUT2D eigenvalue weighted by molar-refractivity contribution is 5.94. The molecule has 1 aliphatic rings. The Hall–Kier alpha value is -2.13. The van der Waals surface area contributed by atoms with E-state index in [1.165, 1.54) is 5.56 Å². The second-order valence-electron chi connectivity index (χ2n) is 5.94. The van der Waals surface area contributed by atoms with E-state index in [1.54, 1.807) is 0 Å². The number of benzene rings is 2. The minimum Gasteiger partial charge on any atom is -0.466 e. The number of aliphatic hydroxyl groups is 1. The molecular weight excluding hydrogens is 274 g/mol. The molecule has 0 aliphatic carbocycles. The van der Waals surface area contributed by atoms with Gasteiger partial charge in [-0.3, -0.25) is 0 Å². The van der Waals surface area contributed by atoms with Crippen molar-refractivity contribution in [2.24, 2.45) is 4.99 Å². The van der Waals surface area contributed by atoms with Crippen LogP contribution in [0.3, 0.4) is 0 Å². The van der Waals surface area contributed by atoms with Crippen LogP contribution in [0.5, 0.6) is 0 Å². The van der Waals surface area contributed by atoms with E-state index >= 15 is 0 Å². The molecule has 0 fully saturated rings. The number of hydrogen-bond acceptors (Lipinski definition) is 3. The van der Waals surface area contributed by atoms with Crippen LogP contribution in [0, 0.1) is 0 Å². The average Bonchev–Trinajstić information content (AvgIpc) is 2.56. The van der Waals surface area contributed by atoms with Crippen LogP contribution in [0.1, 0.15) is 42.6 Å². The second kappa shape index (κ2) is 6.32. The van der Waals surface area contributed by atoms with Crippen LogP contribution in [0.15, 0.2) is 59.6 Å². The molecule has 1 N–H and O–H groups in total. The molecule has 2 aromatic rings. The quantitative estimate of drug-likeness (QED) is 0.938. The molecule has 0 radical (unpaired) electrons. The highest BCUT2D eigenvalue weighted by atomic mass is 16.5. The van der Waals surface area contributed by atoms with Gasteiger partial charge in [-0.2, -0.15) is 0 Å². The van der Waals surface area contributed by atoms with Gasteiger partial charge in [-0.1, -0.05) is 56.3 Å². The molecule has 2 aromatic carbocycles. The Labute approximate surface area is 131 Å². The Morgan fingerprint density at radius 3 is 2.36 bits per heavy atom. The number of nitrogens with zero attached hydrogens (tertiary/aromatic N) is 1. The first-order valence-electron chi connectivity index (χ1n) is 7.69. The SMILES string of the molecule is CC(C)c1ccc(C2=NCC(O)C(c3ccccc3)O2)cc1. The van der Waals surface area contributed by atoms with E-state index in [1.807, 2.05) is 42.5 Å². The lowest BCUT2D eigenvalue weighted by Gasteiger charge is -2.28. The zero-order valence-corrected chi connectivity index (χ0v) is 12.9. The van der Waals surface area contributed by atoms with Crippen molar-refractivity contribution < 1.29 is 9.84 Å². The van der Waals surface area contributed by atoms with Gasteiger partial charge in [-0.25, -0.2) is 4.99 Å². The summed E-state index contributed by atoms with van der Waals surface area (Å²) in [7, 11) is 0. The van der Waals surface area contributed by atoms with Crippen molar-refractivity contribution in [2.45, 2.75) is 32.0 Å². The summed E-state index contributed by atoms with van der Waals surface area (Å²) >= 11 is 0. The standard InChI is InChI=1S/C19H21NO2/c1-13(2)14-8-10-16(11-9-14)19-20-12-17(21)18(22-19)15-6-4-3-5-7-15/h3-11,13,17-18,21H,12H2,1-2H3.